The first kappa shape index (κ1) is 81.3. The first-order chi connectivity index (χ1) is 68.4. The minimum atomic E-state index is 0.704. The molecule has 0 radical (unpaired) electrons. The van der Waals surface area contributed by atoms with Crippen LogP contribution in [0.4, 0.5) is 0 Å². The zero-order chi connectivity index (χ0) is 91.1. The minimum absolute atomic E-state index is 0.704. The average molecular weight is 1820 g/mol. The van der Waals surface area contributed by atoms with E-state index in [1.165, 1.54) is 115 Å². The van der Waals surface area contributed by atoms with Gasteiger partial charge in [0.2, 0.25) is 0 Å². The van der Waals surface area contributed by atoms with E-state index < -0.39 is 0 Å². The Morgan fingerprint density at radius 1 is 0.130 bits per heavy atom. The molecule has 28 rings (SSSR count). The number of para-hydroxylation sites is 6. The van der Waals surface area contributed by atoms with Gasteiger partial charge < -0.3 is 13.7 Å². The lowest BCUT2D eigenvalue weighted by Crippen LogP contribution is -1.97. The van der Waals surface area contributed by atoms with Crippen molar-refractivity contribution in [2.75, 3.05) is 0 Å². The van der Waals surface area contributed by atoms with Crippen molar-refractivity contribution in [1.82, 2.24) is 43.6 Å². The molecule has 0 aliphatic carbocycles. The van der Waals surface area contributed by atoms with E-state index >= 15 is 0 Å². The van der Waals surface area contributed by atoms with Gasteiger partial charge in [0.25, 0.3) is 0 Å². The van der Waals surface area contributed by atoms with Crippen molar-refractivity contribution in [3.8, 4) is 130 Å². The average Bonchev–Trinajstić information content (AvgIpc) is 1.59. The molecule has 0 atom stereocenters. The Bertz CT molecular complexity index is 9250. The van der Waals surface area contributed by atoms with Gasteiger partial charge in [0.05, 0.1) is 67.3 Å². The third-order valence-corrected chi connectivity index (χ3v) is 29.8. The van der Waals surface area contributed by atoms with Crippen LogP contribution in [0.1, 0.15) is 0 Å². The van der Waals surface area contributed by atoms with Crippen LogP contribution in [-0.4, -0.2) is 43.6 Å². The molecule has 0 saturated carbocycles. The van der Waals surface area contributed by atoms with E-state index in [1.807, 2.05) is 52.2 Å². The zero-order valence-electron chi connectivity index (χ0n) is 74.4. The van der Waals surface area contributed by atoms with E-state index in [2.05, 4.69) is 475 Å². The summed E-state index contributed by atoms with van der Waals surface area (Å²) in [5, 5.41) is 15.1. The summed E-state index contributed by atoms with van der Waals surface area (Å²) in [5.74, 6) is 2.14. The summed E-state index contributed by atoms with van der Waals surface area (Å²) in [6.45, 7) is 0. The van der Waals surface area contributed by atoms with Crippen LogP contribution in [0.15, 0.2) is 479 Å². The van der Waals surface area contributed by atoms with Gasteiger partial charge in [0.1, 0.15) is 0 Å². The van der Waals surface area contributed by atoms with Crippen molar-refractivity contribution in [1.29, 1.82) is 0 Å². The highest BCUT2D eigenvalue weighted by Gasteiger charge is 2.23. The van der Waals surface area contributed by atoms with E-state index in [0.29, 0.717) is 11.6 Å². The van der Waals surface area contributed by atoms with Crippen molar-refractivity contribution in [2.24, 2.45) is 0 Å². The van der Waals surface area contributed by atoms with Crippen LogP contribution < -0.4 is 0 Å². The summed E-state index contributed by atoms with van der Waals surface area (Å²) in [4.78, 5) is 31.2. The molecule has 0 bridgehead atoms. The first-order valence-corrected chi connectivity index (χ1v) is 48.8. The number of fused-ring (bicyclic) bond motifs is 18. The van der Waals surface area contributed by atoms with E-state index in [1.54, 1.807) is 0 Å². The van der Waals surface area contributed by atoms with Crippen molar-refractivity contribution >= 4 is 160 Å². The van der Waals surface area contributed by atoms with Gasteiger partial charge in [-0.15, -0.1) is 34.0 Å². The standard InChI is InChI=1S/C46H29N3S.2C40H25N3S/c1-3-12-30(13-4-1)31-14-11-15-34(26-31)46-47-40(29-41(48-46)33-23-25-39-38-19-8-10-21-44(38)50-45(39)28-33)32-22-24-37-36-18-7-9-20-42(36)49(43(37)27-32)35-16-5-2-6-17-35;1-3-11-26(12-4-1)34-25-35(27-19-22-33-32-16-8-10-18-38(32)44-39(33)24-27)42-40(41-34)28-20-21-31-30-15-7-9-17-36(30)43(37(31)23-28)29-13-5-2-6-14-29;1-3-11-26(12-4-1)34-25-35(42-40(41-34)28-20-22-33-32-16-8-10-18-38(32)44-39(33)24-28)27-19-21-31-30-15-7-9-17-36(30)43(37(31)23-27)29-13-5-2-6-14-29/h1-29H;2*1-25H. The lowest BCUT2D eigenvalue weighted by atomic mass is 10.0. The predicted octanol–water partition coefficient (Wildman–Crippen LogP) is 34.5. The van der Waals surface area contributed by atoms with Crippen molar-refractivity contribution in [3.05, 3.63) is 479 Å². The number of aromatic nitrogens is 9. The molecule has 0 N–H and O–H groups in total. The zero-order valence-corrected chi connectivity index (χ0v) is 76.8. The van der Waals surface area contributed by atoms with Crippen LogP contribution in [0, 0.1) is 0 Å². The van der Waals surface area contributed by atoms with Crippen molar-refractivity contribution in [3.63, 3.8) is 0 Å². The summed E-state index contributed by atoms with van der Waals surface area (Å²) in [5.41, 5.74) is 27.5. The maximum Gasteiger partial charge on any atom is 0.160 e. The van der Waals surface area contributed by atoms with E-state index in [9.17, 15) is 0 Å². The Morgan fingerprint density at radius 2 is 0.355 bits per heavy atom. The van der Waals surface area contributed by atoms with Gasteiger partial charge in [-0.1, -0.05) is 346 Å². The normalized spacial score (nSPS) is 11.6. The van der Waals surface area contributed by atoms with Gasteiger partial charge >= 0.3 is 0 Å². The fourth-order valence-electron chi connectivity index (χ4n) is 19.9. The second kappa shape index (κ2) is 34.5. The largest absolute Gasteiger partial charge is 0.309 e. The summed E-state index contributed by atoms with van der Waals surface area (Å²) in [6.07, 6.45) is 0. The smallest absolute Gasteiger partial charge is 0.160 e. The molecule has 9 heterocycles. The highest BCUT2D eigenvalue weighted by Crippen LogP contribution is 2.45. The molecule has 0 unspecified atom stereocenters. The number of hydrogen-bond acceptors (Lipinski definition) is 9. The number of hydrogen-bond donors (Lipinski definition) is 0. The second-order valence-corrected chi connectivity index (χ2v) is 38.0. The highest BCUT2D eigenvalue weighted by molar-refractivity contribution is 7.26. The number of rotatable bonds is 13. The highest BCUT2D eigenvalue weighted by atomic mass is 32.1. The Balaban J connectivity index is 0.000000107. The van der Waals surface area contributed by atoms with Crippen LogP contribution in [-0.2, 0) is 0 Å². The molecular weight excluding hydrogens is 1740 g/mol. The molecule has 0 saturated heterocycles. The number of thiophene rings is 3. The molecule has 0 aliphatic heterocycles. The Kier molecular flexibility index (Phi) is 20.3. The fraction of sp³-hybridized carbons (Fsp3) is 0. The van der Waals surface area contributed by atoms with Crippen LogP contribution in [0.3, 0.4) is 0 Å². The summed E-state index contributed by atoms with van der Waals surface area (Å²) in [6, 6.07) is 170. The molecule has 28 aromatic rings. The molecular formula is C126H79N9S3. The molecule has 0 amide bonds. The van der Waals surface area contributed by atoms with Gasteiger partial charge in [-0.25, -0.2) is 29.9 Å². The Labute approximate surface area is 806 Å². The monoisotopic (exact) mass is 1810 g/mol. The third kappa shape index (κ3) is 14.8. The molecule has 9 aromatic heterocycles. The lowest BCUT2D eigenvalue weighted by molar-refractivity contribution is 1.17. The fourth-order valence-corrected chi connectivity index (χ4v) is 23.3. The van der Waals surface area contributed by atoms with E-state index in [-0.39, 0.29) is 0 Å². The second-order valence-electron chi connectivity index (χ2n) is 34.8. The third-order valence-electron chi connectivity index (χ3n) is 26.4. The van der Waals surface area contributed by atoms with E-state index in [4.69, 9.17) is 29.9 Å². The maximum atomic E-state index is 5.28. The molecule has 138 heavy (non-hydrogen) atoms. The van der Waals surface area contributed by atoms with Crippen LogP contribution in [0.2, 0.25) is 0 Å². The van der Waals surface area contributed by atoms with E-state index in [0.717, 1.165) is 129 Å². The topological polar surface area (TPSA) is 92.1 Å². The quantitative estimate of drug-likeness (QED) is 0.114. The van der Waals surface area contributed by atoms with Gasteiger partial charge in [0.15, 0.2) is 17.5 Å². The Morgan fingerprint density at radius 3 is 0.710 bits per heavy atom. The predicted molar refractivity (Wildman–Crippen MR) is 582 cm³/mol. The van der Waals surface area contributed by atoms with Crippen LogP contribution in [0.25, 0.3) is 256 Å². The van der Waals surface area contributed by atoms with Crippen molar-refractivity contribution < 1.29 is 0 Å². The van der Waals surface area contributed by atoms with Gasteiger partial charge in [-0.2, -0.15) is 0 Å². The SMILES string of the molecule is c1ccc(-c2cc(-c3ccc4c(c3)sc3ccccc34)nc(-c3ccc4c5ccccc5n(-c5ccccc5)c4c3)n2)cc1.c1ccc(-c2cc(-c3ccc4c5ccccc5n(-c5ccccc5)c4c3)nc(-c3ccc4c(c3)sc3ccccc34)n2)cc1.c1ccc(-c2cccc(-c3nc(-c4ccc5c(c4)sc4ccccc45)cc(-c4ccc5c6ccccc6n(-c6ccccc6)c5c4)n3)c2)cc1. The van der Waals surface area contributed by atoms with Crippen molar-refractivity contribution in [2.45, 2.75) is 0 Å². The van der Waals surface area contributed by atoms with Gasteiger partial charge in [-0.05, 0) is 145 Å². The van der Waals surface area contributed by atoms with Gasteiger partial charge in [-0.3, -0.25) is 0 Å². The number of benzene rings is 19. The minimum Gasteiger partial charge on any atom is -0.309 e. The van der Waals surface area contributed by atoms with Crippen LogP contribution >= 0.6 is 34.0 Å². The molecule has 9 nitrogen and oxygen atoms in total. The lowest BCUT2D eigenvalue weighted by Gasteiger charge is -2.12. The summed E-state index contributed by atoms with van der Waals surface area (Å²) < 4.78 is 14.7. The number of nitrogens with zero attached hydrogens (tertiary/aromatic N) is 9. The summed E-state index contributed by atoms with van der Waals surface area (Å²) in [7, 11) is 0. The maximum absolute atomic E-state index is 5.28. The molecule has 0 aliphatic rings. The summed E-state index contributed by atoms with van der Waals surface area (Å²) >= 11 is 5.47. The Hall–Kier alpha value is -17.5. The van der Waals surface area contributed by atoms with Gasteiger partial charge in [0, 0.05) is 160 Å². The molecule has 12 heteroatoms. The molecule has 0 fully saturated rings. The molecule has 0 spiro atoms. The first-order valence-electron chi connectivity index (χ1n) is 46.3. The molecule has 646 valence electrons. The van der Waals surface area contributed by atoms with Crippen LogP contribution in [0.5, 0.6) is 0 Å². The molecule has 19 aromatic carbocycles.